The first kappa shape index (κ1) is 17.5. The van der Waals surface area contributed by atoms with Crippen LogP contribution in [0.25, 0.3) is 0 Å². The molecule has 4 heteroatoms. The number of hydrogen-bond acceptors (Lipinski definition) is 3. The number of carbonyl (C=O) groups is 1. The van der Waals surface area contributed by atoms with Gasteiger partial charge < -0.3 is 16.2 Å². The molecule has 0 saturated heterocycles. The second-order valence-electron chi connectivity index (χ2n) is 5.74. The van der Waals surface area contributed by atoms with E-state index in [-0.39, 0.29) is 18.4 Å². The molecule has 1 aromatic rings. The number of hydrogen-bond donors (Lipinski definition) is 3. The summed E-state index contributed by atoms with van der Waals surface area (Å²) in [5.74, 6) is 0.613. The SMILES string of the molecule is CCCC(CCO)CNC(=O)CC(C)c1ccc(N)cc1. The van der Waals surface area contributed by atoms with Crippen molar-refractivity contribution in [1.29, 1.82) is 0 Å². The number of carbonyl (C=O) groups excluding carboxylic acids is 1. The van der Waals surface area contributed by atoms with Crippen molar-refractivity contribution in [3.05, 3.63) is 29.8 Å². The highest BCUT2D eigenvalue weighted by atomic mass is 16.3. The Balaban J connectivity index is 2.40. The molecule has 0 bridgehead atoms. The van der Waals surface area contributed by atoms with E-state index in [2.05, 4.69) is 12.2 Å². The van der Waals surface area contributed by atoms with Gasteiger partial charge in [0.25, 0.3) is 0 Å². The van der Waals surface area contributed by atoms with Crippen LogP contribution in [0.15, 0.2) is 24.3 Å². The minimum atomic E-state index is 0.0679. The molecule has 0 heterocycles. The number of nitrogens with one attached hydrogen (secondary N) is 1. The summed E-state index contributed by atoms with van der Waals surface area (Å²) < 4.78 is 0. The lowest BCUT2D eigenvalue weighted by molar-refractivity contribution is -0.121. The zero-order valence-electron chi connectivity index (χ0n) is 13.1. The van der Waals surface area contributed by atoms with Crippen molar-refractivity contribution in [3.8, 4) is 0 Å². The maximum absolute atomic E-state index is 12.0. The molecule has 0 fully saturated rings. The van der Waals surface area contributed by atoms with E-state index in [1.807, 2.05) is 31.2 Å². The van der Waals surface area contributed by atoms with Crippen LogP contribution < -0.4 is 11.1 Å². The second kappa shape index (κ2) is 9.40. The zero-order chi connectivity index (χ0) is 15.7. The molecule has 0 saturated carbocycles. The fourth-order valence-corrected chi connectivity index (χ4v) is 2.49. The first-order valence-corrected chi connectivity index (χ1v) is 7.79. The molecule has 2 atom stereocenters. The van der Waals surface area contributed by atoms with Crippen molar-refractivity contribution in [1.82, 2.24) is 5.32 Å². The fraction of sp³-hybridized carbons (Fsp3) is 0.588. The van der Waals surface area contributed by atoms with Gasteiger partial charge >= 0.3 is 0 Å². The fourth-order valence-electron chi connectivity index (χ4n) is 2.49. The van der Waals surface area contributed by atoms with Crippen LogP contribution in [0, 0.1) is 5.92 Å². The highest BCUT2D eigenvalue weighted by Gasteiger charge is 2.13. The third-order valence-corrected chi connectivity index (χ3v) is 3.82. The molecule has 4 N–H and O–H groups in total. The molecular weight excluding hydrogens is 264 g/mol. The summed E-state index contributed by atoms with van der Waals surface area (Å²) >= 11 is 0. The monoisotopic (exact) mass is 292 g/mol. The topological polar surface area (TPSA) is 75.3 Å². The van der Waals surface area contributed by atoms with Crippen LogP contribution in [0.4, 0.5) is 5.69 Å². The number of anilines is 1. The van der Waals surface area contributed by atoms with Gasteiger partial charge in [0, 0.05) is 25.3 Å². The van der Waals surface area contributed by atoms with Gasteiger partial charge in [0.2, 0.25) is 5.91 Å². The molecule has 0 aliphatic carbocycles. The van der Waals surface area contributed by atoms with Gasteiger partial charge in [0.05, 0.1) is 0 Å². The number of benzene rings is 1. The van der Waals surface area contributed by atoms with E-state index < -0.39 is 0 Å². The van der Waals surface area contributed by atoms with Crippen LogP contribution in [0.3, 0.4) is 0 Å². The van der Waals surface area contributed by atoms with E-state index in [1.165, 1.54) is 0 Å². The van der Waals surface area contributed by atoms with Crippen molar-refractivity contribution in [2.45, 2.75) is 45.4 Å². The first-order chi connectivity index (χ1) is 10.1. The van der Waals surface area contributed by atoms with Crippen molar-refractivity contribution in [2.24, 2.45) is 5.92 Å². The van der Waals surface area contributed by atoms with Gasteiger partial charge in [-0.15, -0.1) is 0 Å². The minimum Gasteiger partial charge on any atom is -0.399 e. The summed E-state index contributed by atoms with van der Waals surface area (Å²) in [7, 11) is 0. The van der Waals surface area contributed by atoms with Crippen LogP contribution in [0.2, 0.25) is 0 Å². The summed E-state index contributed by atoms with van der Waals surface area (Å²) in [5.41, 5.74) is 7.53. The summed E-state index contributed by atoms with van der Waals surface area (Å²) in [6.45, 7) is 5.00. The molecule has 1 rings (SSSR count). The minimum absolute atomic E-state index is 0.0679. The Kier molecular flexibility index (Phi) is 7.83. The molecule has 0 aromatic heterocycles. The summed E-state index contributed by atoms with van der Waals surface area (Å²) in [6.07, 6.45) is 3.33. The lowest BCUT2D eigenvalue weighted by Crippen LogP contribution is -2.30. The number of nitrogen functional groups attached to an aromatic ring is 1. The Labute approximate surface area is 127 Å². The van der Waals surface area contributed by atoms with E-state index >= 15 is 0 Å². The molecule has 0 aliphatic heterocycles. The van der Waals surface area contributed by atoms with Crippen molar-refractivity contribution in [2.75, 3.05) is 18.9 Å². The molecule has 0 radical (unpaired) electrons. The van der Waals surface area contributed by atoms with Gasteiger partial charge in [-0.1, -0.05) is 32.4 Å². The van der Waals surface area contributed by atoms with Crippen LogP contribution in [-0.4, -0.2) is 24.2 Å². The Morgan fingerprint density at radius 1 is 1.29 bits per heavy atom. The highest BCUT2D eigenvalue weighted by Crippen LogP contribution is 2.20. The second-order valence-corrected chi connectivity index (χ2v) is 5.74. The van der Waals surface area contributed by atoms with Gasteiger partial charge in [0.1, 0.15) is 0 Å². The van der Waals surface area contributed by atoms with E-state index in [4.69, 9.17) is 10.8 Å². The van der Waals surface area contributed by atoms with Crippen molar-refractivity contribution >= 4 is 11.6 Å². The van der Waals surface area contributed by atoms with Crippen molar-refractivity contribution in [3.63, 3.8) is 0 Å². The molecule has 21 heavy (non-hydrogen) atoms. The lowest BCUT2D eigenvalue weighted by Gasteiger charge is -2.17. The molecular formula is C17H28N2O2. The van der Waals surface area contributed by atoms with E-state index in [9.17, 15) is 4.79 Å². The standard InChI is InChI=1S/C17H28N2O2/c1-3-4-14(9-10-20)12-19-17(21)11-13(2)15-5-7-16(18)8-6-15/h5-8,13-14,20H,3-4,9-12,18H2,1-2H3,(H,19,21). The normalized spacial score (nSPS) is 13.7. The highest BCUT2D eigenvalue weighted by molar-refractivity contribution is 5.76. The Hall–Kier alpha value is -1.55. The van der Waals surface area contributed by atoms with Crippen LogP contribution in [0.1, 0.15) is 51.0 Å². The van der Waals surface area contributed by atoms with Crippen molar-refractivity contribution < 1.29 is 9.90 Å². The predicted octanol–water partition coefficient (Wildman–Crippen LogP) is 2.68. The molecule has 118 valence electrons. The molecule has 4 nitrogen and oxygen atoms in total. The number of nitrogens with two attached hydrogens (primary N) is 1. The Morgan fingerprint density at radius 3 is 2.52 bits per heavy atom. The predicted molar refractivity (Wildman–Crippen MR) is 87.0 cm³/mol. The van der Waals surface area contributed by atoms with Gasteiger partial charge in [-0.05, 0) is 42.4 Å². The summed E-state index contributed by atoms with van der Waals surface area (Å²) in [6, 6.07) is 7.67. The summed E-state index contributed by atoms with van der Waals surface area (Å²) in [5, 5.41) is 12.0. The van der Waals surface area contributed by atoms with E-state index in [0.29, 0.717) is 18.9 Å². The molecule has 0 aliphatic rings. The summed E-state index contributed by atoms with van der Waals surface area (Å²) in [4.78, 5) is 12.0. The average molecular weight is 292 g/mol. The van der Waals surface area contributed by atoms with Crippen LogP contribution in [0.5, 0.6) is 0 Å². The lowest BCUT2D eigenvalue weighted by atomic mass is 9.96. The third-order valence-electron chi connectivity index (χ3n) is 3.82. The molecule has 1 aromatic carbocycles. The van der Waals surface area contributed by atoms with Gasteiger partial charge in [-0.25, -0.2) is 0 Å². The van der Waals surface area contributed by atoms with Gasteiger partial charge in [-0.2, -0.15) is 0 Å². The van der Waals surface area contributed by atoms with Gasteiger partial charge in [-0.3, -0.25) is 4.79 Å². The van der Waals surface area contributed by atoms with Crippen LogP contribution >= 0.6 is 0 Å². The Bertz CT molecular complexity index is 411. The van der Waals surface area contributed by atoms with E-state index in [1.54, 1.807) is 0 Å². The molecule has 0 spiro atoms. The maximum atomic E-state index is 12.0. The Morgan fingerprint density at radius 2 is 1.95 bits per heavy atom. The smallest absolute Gasteiger partial charge is 0.220 e. The quantitative estimate of drug-likeness (QED) is 0.613. The molecule has 2 unspecified atom stereocenters. The van der Waals surface area contributed by atoms with E-state index in [0.717, 1.165) is 30.5 Å². The first-order valence-electron chi connectivity index (χ1n) is 7.79. The average Bonchev–Trinajstić information content (AvgIpc) is 2.46. The third kappa shape index (κ3) is 6.63. The zero-order valence-corrected chi connectivity index (χ0v) is 13.1. The largest absolute Gasteiger partial charge is 0.399 e. The number of rotatable bonds is 9. The van der Waals surface area contributed by atoms with Crippen LogP contribution in [-0.2, 0) is 4.79 Å². The van der Waals surface area contributed by atoms with Gasteiger partial charge in [0.15, 0.2) is 0 Å². The maximum Gasteiger partial charge on any atom is 0.220 e. The number of aliphatic hydroxyl groups is 1. The number of amides is 1. The number of aliphatic hydroxyl groups excluding tert-OH is 1. The molecule has 1 amide bonds.